The van der Waals surface area contributed by atoms with Crippen LogP contribution < -0.4 is 4.90 Å². The maximum Gasteiger partial charge on any atom is 0.230 e. The summed E-state index contributed by atoms with van der Waals surface area (Å²) in [5.41, 5.74) is 2.17. The van der Waals surface area contributed by atoms with Crippen LogP contribution in [0.5, 0.6) is 5.88 Å². The number of thiazole rings is 1. The Morgan fingerprint density at radius 1 is 1.03 bits per heavy atom. The molecule has 8 heteroatoms. The Morgan fingerprint density at radius 2 is 1.74 bits per heavy atom. The van der Waals surface area contributed by atoms with Crippen LogP contribution in [0.4, 0.5) is 10.1 Å². The van der Waals surface area contributed by atoms with Gasteiger partial charge in [-0.1, -0.05) is 48.6 Å². The third-order valence-electron chi connectivity index (χ3n) is 5.79. The molecular formula is C23H24FN5OS. The minimum absolute atomic E-state index is 0.118. The first-order valence-corrected chi connectivity index (χ1v) is 11.3. The van der Waals surface area contributed by atoms with E-state index in [1.165, 1.54) is 33.7 Å². The lowest BCUT2D eigenvalue weighted by molar-refractivity contribution is 0.211. The molecule has 0 spiro atoms. The second kappa shape index (κ2) is 8.28. The monoisotopic (exact) mass is 437 g/mol. The molecule has 0 radical (unpaired) electrons. The fraction of sp³-hybridized carbons (Fsp3) is 0.304. The zero-order valence-electron chi connectivity index (χ0n) is 17.3. The van der Waals surface area contributed by atoms with Crippen molar-refractivity contribution in [3.05, 3.63) is 76.7 Å². The Bertz CT molecular complexity index is 1170. The second-order valence-corrected chi connectivity index (χ2v) is 8.69. The van der Waals surface area contributed by atoms with Crippen LogP contribution in [0.2, 0.25) is 0 Å². The van der Waals surface area contributed by atoms with Gasteiger partial charge in [0, 0.05) is 38.3 Å². The van der Waals surface area contributed by atoms with Crippen molar-refractivity contribution in [1.29, 1.82) is 0 Å². The van der Waals surface area contributed by atoms with Gasteiger partial charge in [-0.25, -0.2) is 9.37 Å². The van der Waals surface area contributed by atoms with Crippen molar-refractivity contribution in [1.82, 2.24) is 19.5 Å². The van der Waals surface area contributed by atoms with Gasteiger partial charge in [0.2, 0.25) is 10.8 Å². The molecule has 31 heavy (non-hydrogen) atoms. The molecular weight excluding hydrogens is 413 g/mol. The van der Waals surface area contributed by atoms with Crippen molar-refractivity contribution in [3.8, 4) is 5.88 Å². The van der Waals surface area contributed by atoms with Crippen LogP contribution in [0.15, 0.2) is 54.6 Å². The highest BCUT2D eigenvalue weighted by Gasteiger charge is 2.31. The number of fused-ring (bicyclic) bond motifs is 1. The Kier molecular flexibility index (Phi) is 5.33. The van der Waals surface area contributed by atoms with Crippen molar-refractivity contribution < 1.29 is 9.50 Å². The first-order valence-electron chi connectivity index (χ1n) is 10.5. The standard InChI is InChI=1S/C23H24FN5OS/c1-2-19-25-23-29(26-19)22(30)21(31-23)20(16-8-10-17(24)11-9-16)28-14-12-27(13-15-28)18-6-4-3-5-7-18/h3-11,20,30H,2,12-15H2,1H3/t20-/m0/s1. The number of hydrogen-bond acceptors (Lipinski definition) is 6. The van der Waals surface area contributed by atoms with Crippen LogP contribution in [0.25, 0.3) is 4.96 Å². The number of anilines is 1. The summed E-state index contributed by atoms with van der Waals surface area (Å²) in [5.74, 6) is 0.561. The number of aromatic nitrogens is 3. The van der Waals surface area contributed by atoms with E-state index in [-0.39, 0.29) is 17.7 Å². The smallest absolute Gasteiger partial charge is 0.230 e. The maximum absolute atomic E-state index is 13.6. The summed E-state index contributed by atoms with van der Waals surface area (Å²) in [6.07, 6.45) is 0.714. The van der Waals surface area contributed by atoms with Gasteiger partial charge in [-0.3, -0.25) is 4.90 Å². The molecule has 1 fully saturated rings. The normalized spacial score (nSPS) is 16.1. The second-order valence-electron chi connectivity index (χ2n) is 7.68. The van der Waals surface area contributed by atoms with Crippen molar-refractivity contribution in [2.45, 2.75) is 19.4 Å². The summed E-state index contributed by atoms with van der Waals surface area (Å²) in [5, 5.41) is 15.4. The van der Waals surface area contributed by atoms with Crippen LogP contribution in [0, 0.1) is 5.82 Å². The maximum atomic E-state index is 13.6. The number of rotatable bonds is 5. The highest BCUT2D eigenvalue weighted by molar-refractivity contribution is 7.17. The zero-order chi connectivity index (χ0) is 21.4. The molecule has 1 aliphatic rings. The predicted octanol–water partition coefficient (Wildman–Crippen LogP) is 4.11. The molecule has 1 atom stereocenters. The first-order chi connectivity index (χ1) is 15.1. The van der Waals surface area contributed by atoms with Crippen molar-refractivity contribution in [2.75, 3.05) is 31.1 Å². The summed E-state index contributed by atoms with van der Waals surface area (Å²) >= 11 is 1.45. The van der Waals surface area contributed by atoms with Gasteiger partial charge in [-0.05, 0) is 29.8 Å². The summed E-state index contributed by atoms with van der Waals surface area (Å²) in [6, 6.07) is 16.8. The third kappa shape index (κ3) is 3.77. The molecule has 6 nitrogen and oxygen atoms in total. The number of halogens is 1. The molecule has 4 aromatic rings. The van der Waals surface area contributed by atoms with Gasteiger partial charge < -0.3 is 10.0 Å². The lowest BCUT2D eigenvalue weighted by Crippen LogP contribution is -2.47. The molecule has 0 aliphatic carbocycles. The molecule has 0 unspecified atom stereocenters. The van der Waals surface area contributed by atoms with Crippen LogP contribution in [-0.2, 0) is 6.42 Å². The average Bonchev–Trinajstić information content (AvgIpc) is 3.35. The molecule has 5 rings (SSSR count). The number of aryl methyl sites for hydroxylation is 1. The van der Waals surface area contributed by atoms with E-state index >= 15 is 0 Å². The zero-order valence-corrected chi connectivity index (χ0v) is 18.1. The summed E-state index contributed by atoms with van der Waals surface area (Å²) in [6.45, 7) is 5.39. The van der Waals surface area contributed by atoms with E-state index in [2.05, 4.69) is 44.1 Å². The van der Waals surface area contributed by atoms with E-state index in [0.717, 1.165) is 36.6 Å². The number of piperazine rings is 1. The minimum atomic E-state index is -0.268. The highest BCUT2D eigenvalue weighted by atomic mass is 32.1. The number of nitrogens with zero attached hydrogens (tertiary/aromatic N) is 5. The summed E-state index contributed by atoms with van der Waals surface area (Å²) < 4.78 is 15.1. The Hall–Kier alpha value is -2.97. The number of benzene rings is 2. The molecule has 1 aliphatic heterocycles. The van der Waals surface area contributed by atoms with Crippen molar-refractivity contribution >= 4 is 22.0 Å². The lowest BCUT2D eigenvalue weighted by atomic mass is 10.0. The molecule has 3 heterocycles. The molecule has 1 saturated heterocycles. The number of para-hydroxylation sites is 1. The van der Waals surface area contributed by atoms with E-state index in [1.54, 1.807) is 12.1 Å². The fourth-order valence-electron chi connectivity index (χ4n) is 4.17. The van der Waals surface area contributed by atoms with Gasteiger partial charge in [0.15, 0.2) is 5.82 Å². The van der Waals surface area contributed by atoms with Gasteiger partial charge in [0.1, 0.15) is 5.82 Å². The van der Waals surface area contributed by atoms with E-state index in [4.69, 9.17) is 0 Å². The molecule has 0 saturated carbocycles. The van der Waals surface area contributed by atoms with Crippen LogP contribution >= 0.6 is 11.3 Å². The summed E-state index contributed by atoms with van der Waals surface area (Å²) in [7, 11) is 0. The molecule has 0 amide bonds. The lowest BCUT2D eigenvalue weighted by Gasteiger charge is -2.40. The molecule has 2 aromatic carbocycles. The quantitative estimate of drug-likeness (QED) is 0.509. The van der Waals surface area contributed by atoms with Gasteiger partial charge in [-0.2, -0.15) is 4.52 Å². The van der Waals surface area contributed by atoms with Gasteiger partial charge in [-0.15, -0.1) is 5.10 Å². The number of aromatic hydroxyl groups is 1. The minimum Gasteiger partial charge on any atom is -0.492 e. The Morgan fingerprint density at radius 3 is 2.39 bits per heavy atom. The van der Waals surface area contributed by atoms with Crippen LogP contribution in [0.3, 0.4) is 0 Å². The summed E-state index contributed by atoms with van der Waals surface area (Å²) in [4.78, 5) is 10.7. The van der Waals surface area contributed by atoms with E-state index in [9.17, 15) is 9.50 Å². The van der Waals surface area contributed by atoms with Crippen LogP contribution in [0.1, 0.15) is 29.2 Å². The predicted molar refractivity (Wildman–Crippen MR) is 120 cm³/mol. The SMILES string of the molecule is CCc1nc2sc([C@H](c3ccc(F)cc3)N3CCN(c4ccccc4)CC3)c(O)n2n1. The Balaban J connectivity index is 1.48. The molecule has 0 bridgehead atoms. The highest BCUT2D eigenvalue weighted by Crippen LogP contribution is 2.40. The topological polar surface area (TPSA) is 56.9 Å². The van der Waals surface area contributed by atoms with E-state index < -0.39 is 0 Å². The molecule has 2 aromatic heterocycles. The van der Waals surface area contributed by atoms with E-state index in [1.807, 2.05) is 13.0 Å². The van der Waals surface area contributed by atoms with Gasteiger partial charge in [0.05, 0.1) is 10.9 Å². The van der Waals surface area contributed by atoms with Crippen molar-refractivity contribution in [2.24, 2.45) is 0 Å². The van der Waals surface area contributed by atoms with Crippen molar-refractivity contribution in [3.63, 3.8) is 0 Å². The molecule has 160 valence electrons. The fourth-order valence-corrected chi connectivity index (χ4v) is 5.30. The molecule has 1 N–H and O–H groups in total. The Labute approximate surface area is 184 Å². The van der Waals surface area contributed by atoms with Gasteiger partial charge >= 0.3 is 0 Å². The van der Waals surface area contributed by atoms with E-state index in [0.29, 0.717) is 17.2 Å². The largest absolute Gasteiger partial charge is 0.492 e. The first kappa shape index (κ1) is 20.0. The third-order valence-corrected chi connectivity index (χ3v) is 6.87. The van der Waals surface area contributed by atoms with Gasteiger partial charge in [0.25, 0.3) is 0 Å². The number of hydrogen-bond donors (Lipinski definition) is 1. The van der Waals surface area contributed by atoms with Crippen LogP contribution in [-0.4, -0.2) is 50.8 Å². The average molecular weight is 438 g/mol.